The minimum Gasteiger partial charge on any atom is -0.469 e. The average Bonchev–Trinajstić information content (AvgIpc) is 2.94. The van der Waals surface area contributed by atoms with Crippen LogP contribution >= 0.6 is 0 Å². The van der Waals surface area contributed by atoms with Crippen molar-refractivity contribution in [3.63, 3.8) is 0 Å². The number of esters is 1. The van der Waals surface area contributed by atoms with Gasteiger partial charge in [0.2, 0.25) is 0 Å². The van der Waals surface area contributed by atoms with E-state index in [4.69, 9.17) is 4.74 Å². The van der Waals surface area contributed by atoms with Gasteiger partial charge in [0, 0.05) is 12.7 Å². The standard InChI is InChI=1S/C14H18N4O3/c1-14(2,13(20)21-3)5-7-16-12(19)9-4-6-15-11-10(9)17-8-18-11/h4,6,8H,5,7H2,1-3H3,(H,16,19)(H,15,17,18). The molecule has 2 rings (SSSR count). The van der Waals surface area contributed by atoms with E-state index in [9.17, 15) is 9.59 Å². The van der Waals surface area contributed by atoms with Crippen LogP contribution < -0.4 is 5.32 Å². The van der Waals surface area contributed by atoms with Crippen LogP contribution in [-0.2, 0) is 9.53 Å². The number of pyridine rings is 1. The predicted molar refractivity (Wildman–Crippen MR) is 76.6 cm³/mol. The maximum Gasteiger partial charge on any atom is 0.311 e. The fourth-order valence-corrected chi connectivity index (χ4v) is 2.00. The van der Waals surface area contributed by atoms with E-state index in [-0.39, 0.29) is 11.9 Å². The number of amides is 1. The summed E-state index contributed by atoms with van der Waals surface area (Å²) in [6.45, 7) is 3.94. The van der Waals surface area contributed by atoms with Gasteiger partial charge in [0.15, 0.2) is 5.65 Å². The molecule has 0 aliphatic carbocycles. The number of H-pyrrole nitrogens is 1. The number of aromatic amines is 1. The molecule has 7 nitrogen and oxygen atoms in total. The number of carbonyl (C=O) groups is 2. The Balaban J connectivity index is 2.00. The van der Waals surface area contributed by atoms with Crippen molar-refractivity contribution in [2.75, 3.05) is 13.7 Å². The van der Waals surface area contributed by atoms with Gasteiger partial charge in [-0.2, -0.15) is 0 Å². The number of hydrogen-bond acceptors (Lipinski definition) is 5. The van der Waals surface area contributed by atoms with Gasteiger partial charge in [0.1, 0.15) is 0 Å². The molecule has 2 aromatic heterocycles. The molecule has 2 N–H and O–H groups in total. The second-order valence-corrected chi connectivity index (χ2v) is 5.34. The second kappa shape index (κ2) is 5.90. The molecule has 0 saturated heterocycles. The molecule has 0 radical (unpaired) electrons. The SMILES string of the molecule is COC(=O)C(C)(C)CCNC(=O)c1ccnc2nc[nH]c12. The molecule has 0 fully saturated rings. The molecular weight excluding hydrogens is 272 g/mol. The van der Waals surface area contributed by atoms with Crippen LogP contribution in [-0.4, -0.2) is 40.5 Å². The average molecular weight is 290 g/mol. The van der Waals surface area contributed by atoms with Crippen LogP contribution in [0.5, 0.6) is 0 Å². The number of ether oxygens (including phenoxy) is 1. The molecule has 1 amide bonds. The summed E-state index contributed by atoms with van der Waals surface area (Å²) in [5.74, 6) is -0.524. The maximum atomic E-state index is 12.2. The summed E-state index contributed by atoms with van der Waals surface area (Å²) < 4.78 is 4.73. The Hall–Kier alpha value is -2.44. The summed E-state index contributed by atoms with van der Waals surface area (Å²) in [5, 5.41) is 2.79. The summed E-state index contributed by atoms with van der Waals surface area (Å²) in [6, 6.07) is 1.63. The zero-order valence-corrected chi connectivity index (χ0v) is 12.3. The quantitative estimate of drug-likeness (QED) is 0.808. The first-order valence-electron chi connectivity index (χ1n) is 6.60. The third-order valence-electron chi connectivity index (χ3n) is 3.34. The van der Waals surface area contributed by atoms with Crippen LogP contribution in [0.3, 0.4) is 0 Å². The lowest BCUT2D eigenvalue weighted by atomic mass is 9.89. The van der Waals surface area contributed by atoms with Gasteiger partial charge < -0.3 is 15.0 Å². The van der Waals surface area contributed by atoms with E-state index in [1.54, 1.807) is 19.9 Å². The van der Waals surface area contributed by atoms with E-state index in [1.165, 1.54) is 19.6 Å². The fraction of sp³-hybridized carbons (Fsp3) is 0.429. The number of rotatable bonds is 5. The molecule has 0 atom stereocenters. The van der Waals surface area contributed by atoms with Crippen LogP contribution in [0, 0.1) is 5.41 Å². The Labute approximate surface area is 122 Å². The maximum absolute atomic E-state index is 12.2. The number of methoxy groups -OCH3 is 1. The number of hydrogen-bond donors (Lipinski definition) is 2. The summed E-state index contributed by atoms with van der Waals surface area (Å²) in [6.07, 6.45) is 3.52. The first-order chi connectivity index (χ1) is 9.95. The summed E-state index contributed by atoms with van der Waals surface area (Å²) in [5.41, 5.74) is 0.942. The van der Waals surface area contributed by atoms with E-state index < -0.39 is 5.41 Å². The molecule has 2 aromatic rings. The molecule has 0 spiro atoms. The predicted octanol–water partition coefficient (Wildman–Crippen LogP) is 1.28. The second-order valence-electron chi connectivity index (χ2n) is 5.34. The Kier molecular flexibility index (Phi) is 4.21. The van der Waals surface area contributed by atoms with Gasteiger partial charge >= 0.3 is 5.97 Å². The summed E-state index contributed by atoms with van der Waals surface area (Å²) in [4.78, 5) is 34.7. The van der Waals surface area contributed by atoms with Gasteiger partial charge in [-0.15, -0.1) is 0 Å². The number of nitrogens with zero attached hydrogens (tertiary/aromatic N) is 2. The van der Waals surface area contributed by atoms with Crippen LogP contribution in [0.25, 0.3) is 11.2 Å². The Morgan fingerprint density at radius 2 is 2.14 bits per heavy atom. The van der Waals surface area contributed by atoms with Gasteiger partial charge in [0.05, 0.1) is 29.9 Å². The highest BCUT2D eigenvalue weighted by atomic mass is 16.5. The van der Waals surface area contributed by atoms with Crippen molar-refractivity contribution < 1.29 is 14.3 Å². The topological polar surface area (TPSA) is 97.0 Å². The molecule has 7 heteroatoms. The summed E-state index contributed by atoms with van der Waals surface area (Å²) in [7, 11) is 1.36. The van der Waals surface area contributed by atoms with Gasteiger partial charge in [-0.25, -0.2) is 9.97 Å². The van der Waals surface area contributed by atoms with Crippen molar-refractivity contribution >= 4 is 23.0 Å². The number of fused-ring (bicyclic) bond motifs is 1. The Bertz CT molecular complexity index is 663. The highest BCUT2D eigenvalue weighted by molar-refractivity contribution is 6.03. The third kappa shape index (κ3) is 3.18. The fourth-order valence-electron chi connectivity index (χ4n) is 2.00. The molecule has 21 heavy (non-hydrogen) atoms. The lowest BCUT2D eigenvalue weighted by Gasteiger charge is -2.21. The van der Waals surface area contributed by atoms with Crippen molar-refractivity contribution in [3.05, 3.63) is 24.2 Å². The highest BCUT2D eigenvalue weighted by Crippen LogP contribution is 2.21. The zero-order valence-electron chi connectivity index (χ0n) is 12.3. The van der Waals surface area contributed by atoms with E-state index in [0.29, 0.717) is 29.7 Å². The highest BCUT2D eigenvalue weighted by Gasteiger charge is 2.28. The molecule has 0 aliphatic rings. The van der Waals surface area contributed by atoms with Gasteiger partial charge in [-0.05, 0) is 26.3 Å². The van der Waals surface area contributed by atoms with Crippen LogP contribution in [0.4, 0.5) is 0 Å². The van der Waals surface area contributed by atoms with Crippen molar-refractivity contribution in [3.8, 4) is 0 Å². The minimum atomic E-state index is -0.635. The van der Waals surface area contributed by atoms with Crippen LogP contribution in [0.15, 0.2) is 18.6 Å². The number of nitrogens with one attached hydrogen (secondary N) is 2. The van der Waals surface area contributed by atoms with Crippen molar-refractivity contribution in [2.45, 2.75) is 20.3 Å². The van der Waals surface area contributed by atoms with Crippen molar-refractivity contribution in [1.29, 1.82) is 0 Å². The lowest BCUT2D eigenvalue weighted by molar-refractivity contribution is -0.151. The summed E-state index contributed by atoms with van der Waals surface area (Å²) >= 11 is 0. The first-order valence-corrected chi connectivity index (χ1v) is 6.60. The monoisotopic (exact) mass is 290 g/mol. The largest absolute Gasteiger partial charge is 0.469 e. The molecular formula is C14H18N4O3. The lowest BCUT2D eigenvalue weighted by Crippen LogP contribution is -2.32. The third-order valence-corrected chi connectivity index (χ3v) is 3.34. The van der Waals surface area contributed by atoms with Gasteiger partial charge in [-0.1, -0.05) is 0 Å². The van der Waals surface area contributed by atoms with Crippen LogP contribution in [0.1, 0.15) is 30.6 Å². The minimum absolute atomic E-state index is 0.229. The van der Waals surface area contributed by atoms with Crippen molar-refractivity contribution in [2.24, 2.45) is 5.41 Å². The van der Waals surface area contributed by atoms with Crippen molar-refractivity contribution in [1.82, 2.24) is 20.3 Å². The van der Waals surface area contributed by atoms with E-state index in [2.05, 4.69) is 20.3 Å². The van der Waals surface area contributed by atoms with Gasteiger partial charge in [-0.3, -0.25) is 9.59 Å². The normalized spacial score (nSPS) is 11.4. The van der Waals surface area contributed by atoms with E-state index >= 15 is 0 Å². The van der Waals surface area contributed by atoms with E-state index in [0.717, 1.165) is 0 Å². The molecule has 0 aliphatic heterocycles. The Morgan fingerprint density at radius 1 is 1.38 bits per heavy atom. The number of carbonyl (C=O) groups excluding carboxylic acids is 2. The smallest absolute Gasteiger partial charge is 0.311 e. The molecule has 0 aromatic carbocycles. The molecule has 112 valence electrons. The first kappa shape index (κ1) is 15.0. The van der Waals surface area contributed by atoms with Crippen LogP contribution in [0.2, 0.25) is 0 Å². The Morgan fingerprint density at radius 3 is 2.86 bits per heavy atom. The number of imidazole rings is 1. The molecule has 0 saturated carbocycles. The molecule has 0 unspecified atom stereocenters. The van der Waals surface area contributed by atoms with Gasteiger partial charge in [0.25, 0.3) is 5.91 Å². The molecule has 0 bridgehead atoms. The molecule has 2 heterocycles. The van der Waals surface area contributed by atoms with E-state index in [1.807, 2.05) is 0 Å². The zero-order chi connectivity index (χ0) is 15.5. The number of aromatic nitrogens is 3.